The van der Waals surface area contributed by atoms with E-state index in [1.807, 2.05) is 19.1 Å². The number of hydrogen-bond acceptors (Lipinski definition) is 6. The zero-order valence-corrected chi connectivity index (χ0v) is 13.0. The van der Waals surface area contributed by atoms with Crippen LogP contribution in [0.3, 0.4) is 0 Å². The van der Waals surface area contributed by atoms with Gasteiger partial charge in [-0.3, -0.25) is 14.8 Å². The van der Waals surface area contributed by atoms with Gasteiger partial charge in [0.25, 0.3) is 0 Å². The number of Topliss-reactive ketones (excluding diaryl/α,β-unsaturated/α-hetero) is 1. The summed E-state index contributed by atoms with van der Waals surface area (Å²) < 4.78 is 0. The predicted octanol–water partition coefficient (Wildman–Crippen LogP) is 1.88. The summed E-state index contributed by atoms with van der Waals surface area (Å²) in [4.78, 5) is 21.1. The van der Waals surface area contributed by atoms with Crippen LogP contribution in [-0.2, 0) is 13.0 Å². The lowest BCUT2D eigenvalue weighted by atomic mass is 10.1. The Morgan fingerprint density at radius 1 is 1.13 bits per heavy atom. The summed E-state index contributed by atoms with van der Waals surface area (Å²) in [5.41, 5.74) is 3.47. The lowest BCUT2D eigenvalue weighted by molar-refractivity contribution is 0.101. The summed E-state index contributed by atoms with van der Waals surface area (Å²) in [6.07, 6.45) is 7.49. The molecular weight excluding hydrogens is 292 g/mol. The van der Waals surface area contributed by atoms with Gasteiger partial charge < -0.3 is 0 Å². The van der Waals surface area contributed by atoms with E-state index in [4.69, 9.17) is 0 Å². The number of ketones is 1. The SMILES string of the molecule is CC(=O)c1cncc(CCn2nnc(-c3cncc(C)c3)n2)c1. The molecule has 0 saturated heterocycles. The van der Waals surface area contributed by atoms with Crippen molar-refractivity contribution in [2.45, 2.75) is 26.8 Å². The summed E-state index contributed by atoms with van der Waals surface area (Å²) in [7, 11) is 0. The first-order chi connectivity index (χ1) is 11.1. The molecule has 0 aliphatic carbocycles. The molecule has 0 aromatic carbocycles. The molecule has 0 amide bonds. The summed E-state index contributed by atoms with van der Waals surface area (Å²) in [6, 6.07) is 3.81. The van der Waals surface area contributed by atoms with E-state index >= 15 is 0 Å². The summed E-state index contributed by atoms with van der Waals surface area (Å²) in [5.74, 6) is 0.560. The predicted molar refractivity (Wildman–Crippen MR) is 83.7 cm³/mol. The van der Waals surface area contributed by atoms with Gasteiger partial charge in [0.1, 0.15) is 0 Å². The van der Waals surface area contributed by atoms with E-state index < -0.39 is 0 Å². The quantitative estimate of drug-likeness (QED) is 0.669. The number of tetrazole rings is 1. The fourth-order valence-electron chi connectivity index (χ4n) is 2.18. The molecule has 3 aromatic rings. The van der Waals surface area contributed by atoms with Gasteiger partial charge in [-0.2, -0.15) is 4.80 Å². The Balaban J connectivity index is 1.70. The van der Waals surface area contributed by atoms with E-state index in [0.717, 1.165) is 16.7 Å². The third-order valence-corrected chi connectivity index (χ3v) is 3.39. The first-order valence-electron chi connectivity index (χ1n) is 7.26. The Kier molecular flexibility index (Phi) is 4.18. The van der Waals surface area contributed by atoms with E-state index in [1.165, 1.54) is 11.7 Å². The third kappa shape index (κ3) is 3.63. The maximum Gasteiger partial charge on any atom is 0.206 e. The van der Waals surface area contributed by atoms with Gasteiger partial charge in [-0.15, -0.1) is 10.2 Å². The summed E-state index contributed by atoms with van der Waals surface area (Å²) in [6.45, 7) is 4.06. The lowest BCUT2D eigenvalue weighted by Gasteiger charge is -2.02. The third-order valence-electron chi connectivity index (χ3n) is 3.39. The molecule has 0 N–H and O–H groups in total. The molecule has 0 aliphatic heterocycles. The van der Waals surface area contributed by atoms with Gasteiger partial charge in [0, 0.05) is 35.9 Å². The van der Waals surface area contributed by atoms with Crippen LogP contribution >= 0.6 is 0 Å². The molecule has 0 saturated carbocycles. The molecule has 0 unspecified atom stereocenters. The highest BCUT2D eigenvalue weighted by Gasteiger charge is 2.07. The van der Waals surface area contributed by atoms with Crippen LogP contribution in [0.2, 0.25) is 0 Å². The van der Waals surface area contributed by atoms with Crippen molar-refractivity contribution in [3.8, 4) is 11.4 Å². The topological polar surface area (TPSA) is 86.5 Å². The van der Waals surface area contributed by atoms with Crippen molar-refractivity contribution in [2.75, 3.05) is 0 Å². The van der Waals surface area contributed by atoms with Crippen molar-refractivity contribution in [3.05, 3.63) is 53.6 Å². The van der Waals surface area contributed by atoms with Gasteiger partial charge >= 0.3 is 0 Å². The van der Waals surface area contributed by atoms with Crippen LogP contribution in [0.5, 0.6) is 0 Å². The van der Waals surface area contributed by atoms with E-state index in [-0.39, 0.29) is 5.78 Å². The molecular formula is C16H16N6O. The number of aromatic nitrogens is 6. The first kappa shape index (κ1) is 15.0. The van der Waals surface area contributed by atoms with Crippen LogP contribution in [0, 0.1) is 6.92 Å². The van der Waals surface area contributed by atoms with Crippen molar-refractivity contribution < 1.29 is 4.79 Å². The number of carbonyl (C=O) groups is 1. The van der Waals surface area contributed by atoms with Crippen molar-refractivity contribution in [3.63, 3.8) is 0 Å². The molecule has 3 rings (SSSR count). The van der Waals surface area contributed by atoms with E-state index in [0.29, 0.717) is 24.4 Å². The summed E-state index contributed by atoms with van der Waals surface area (Å²) >= 11 is 0. The van der Waals surface area contributed by atoms with Crippen molar-refractivity contribution in [2.24, 2.45) is 0 Å². The maximum atomic E-state index is 11.4. The normalized spacial score (nSPS) is 10.7. The molecule has 3 aromatic heterocycles. The standard InChI is InChI=1S/C16H16N6O/c1-11-5-15(10-17-7-11)16-19-21-22(20-16)4-3-13-6-14(12(2)23)9-18-8-13/h5-10H,3-4H2,1-2H3. The van der Waals surface area contributed by atoms with Gasteiger partial charge in [-0.25, -0.2) is 0 Å². The molecule has 0 atom stereocenters. The van der Waals surface area contributed by atoms with E-state index in [1.54, 1.807) is 24.8 Å². The number of carbonyl (C=O) groups excluding carboxylic acids is 1. The minimum atomic E-state index is 0.00691. The van der Waals surface area contributed by atoms with Crippen LogP contribution in [0.1, 0.15) is 28.4 Å². The molecule has 116 valence electrons. The van der Waals surface area contributed by atoms with Gasteiger partial charge in [0.15, 0.2) is 5.78 Å². The van der Waals surface area contributed by atoms with Crippen molar-refractivity contribution >= 4 is 5.78 Å². The minimum Gasteiger partial charge on any atom is -0.294 e. The Morgan fingerprint density at radius 2 is 1.96 bits per heavy atom. The van der Waals surface area contributed by atoms with Gasteiger partial charge in [0.2, 0.25) is 5.82 Å². The second-order valence-electron chi connectivity index (χ2n) is 5.35. The summed E-state index contributed by atoms with van der Waals surface area (Å²) in [5, 5.41) is 12.5. The Morgan fingerprint density at radius 3 is 2.74 bits per heavy atom. The van der Waals surface area contributed by atoms with Crippen LogP contribution < -0.4 is 0 Å². The number of nitrogens with zero attached hydrogens (tertiary/aromatic N) is 6. The van der Waals surface area contributed by atoms with Crippen LogP contribution in [-0.4, -0.2) is 36.0 Å². The number of pyridine rings is 2. The molecule has 0 fully saturated rings. The zero-order chi connectivity index (χ0) is 16.2. The number of rotatable bonds is 5. The first-order valence-corrected chi connectivity index (χ1v) is 7.26. The van der Waals surface area contributed by atoms with Gasteiger partial charge in [-0.1, -0.05) is 0 Å². The van der Waals surface area contributed by atoms with Crippen LogP contribution in [0.4, 0.5) is 0 Å². The number of aryl methyl sites for hydroxylation is 3. The van der Waals surface area contributed by atoms with Crippen molar-refractivity contribution in [1.82, 2.24) is 30.2 Å². The Hall–Kier alpha value is -2.96. The average Bonchev–Trinajstić information content (AvgIpc) is 3.02. The highest BCUT2D eigenvalue weighted by Crippen LogP contribution is 2.13. The molecule has 7 nitrogen and oxygen atoms in total. The fraction of sp³-hybridized carbons (Fsp3) is 0.250. The van der Waals surface area contributed by atoms with Gasteiger partial charge in [-0.05, 0) is 48.7 Å². The highest BCUT2D eigenvalue weighted by molar-refractivity contribution is 5.93. The van der Waals surface area contributed by atoms with Crippen LogP contribution in [0.15, 0.2) is 36.9 Å². The Bertz CT molecular complexity index is 842. The molecule has 0 spiro atoms. The van der Waals surface area contributed by atoms with Crippen LogP contribution in [0.25, 0.3) is 11.4 Å². The lowest BCUT2D eigenvalue weighted by Crippen LogP contribution is -2.06. The molecule has 0 bridgehead atoms. The zero-order valence-electron chi connectivity index (χ0n) is 13.0. The van der Waals surface area contributed by atoms with Crippen molar-refractivity contribution in [1.29, 1.82) is 0 Å². The van der Waals surface area contributed by atoms with E-state index in [9.17, 15) is 4.79 Å². The largest absolute Gasteiger partial charge is 0.294 e. The Labute approximate surface area is 133 Å². The number of hydrogen-bond donors (Lipinski definition) is 0. The maximum absolute atomic E-state index is 11.4. The second-order valence-corrected chi connectivity index (χ2v) is 5.35. The van der Waals surface area contributed by atoms with Gasteiger partial charge in [0.05, 0.1) is 6.54 Å². The molecule has 0 radical (unpaired) electrons. The average molecular weight is 308 g/mol. The highest BCUT2D eigenvalue weighted by atomic mass is 16.1. The monoisotopic (exact) mass is 308 g/mol. The second kappa shape index (κ2) is 6.43. The minimum absolute atomic E-state index is 0.00691. The molecule has 3 heterocycles. The fourth-order valence-corrected chi connectivity index (χ4v) is 2.18. The van der Waals surface area contributed by atoms with E-state index in [2.05, 4.69) is 25.4 Å². The smallest absolute Gasteiger partial charge is 0.206 e. The molecule has 23 heavy (non-hydrogen) atoms. The molecule has 0 aliphatic rings. The molecule has 7 heteroatoms.